The Morgan fingerprint density at radius 2 is 1.89 bits per heavy atom. The van der Waals surface area contributed by atoms with Gasteiger partial charge in [-0.05, 0) is 50.0 Å². The van der Waals surface area contributed by atoms with E-state index in [1.807, 2.05) is 22.9 Å². The second kappa shape index (κ2) is 11.0. The van der Waals surface area contributed by atoms with Crippen LogP contribution in [0, 0.1) is 0 Å². The maximum Gasteiger partial charge on any atom is 0.251 e. The van der Waals surface area contributed by atoms with Crippen molar-refractivity contribution in [3.8, 4) is 11.5 Å². The number of hydrogen-bond acceptors (Lipinski definition) is 7. The maximum absolute atomic E-state index is 12.7. The van der Waals surface area contributed by atoms with Crippen LogP contribution in [0.1, 0.15) is 37.4 Å². The fraction of sp³-hybridized carbons (Fsp3) is 0.444. The van der Waals surface area contributed by atoms with Crippen LogP contribution in [0.2, 0.25) is 0 Å². The third kappa shape index (κ3) is 5.71. The molecule has 0 aromatic carbocycles. The molecule has 1 saturated heterocycles. The minimum Gasteiger partial charge on any atom is -0.486 e. The normalized spacial score (nSPS) is 16.8. The zero-order valence-corrected chi connectivity index (χ0v) is 20.3. The molecular weight excluding hydrogens is 442 g/mol. The summed E-state index contributed by atoms with van der Waals surface area (Å²) in [4.78, 5) is 24.2. The van der Waals surface area contributed by atoms with E-state index in [1.165, 1.54) is 0 Å². The molecule has 0 atom stereocenters. The molecule has 2 aliphatic heterocycles. The van der Waals surface area contributed by atoms with Gasteiger partial charge in [0.1, 0.15) is 13.2 Å². The Hall–Kier alpha value is -3.23. The molecule has 184 valence electrons. The Labute approximate surface area is 205 Å². The summed E-state index contributed by atoms with van der Waals surface area (Å²) in [5.41, 5.74) is 3.78. The van der Waals surface area contributed by atoms with Crippen molar-refractivity contribution in [2.75, 3.05) is 32.8 Å². The molecule has 8 heteroatoms. The zero-order chi connectivity index (χ0) is 24.0. The van der Waals surface area contributed by atoms with Crippen molar-refractivity contribution in [2.24, 2.45) is 0 Å². The first-order chi connectivity index (χ1) is 17.2. The summed E-state index contributed by atoms with van der Waals surface area (Å²) in [5.74, 6) is 1.51. The van der Waals surface area contributed by atoms with E-state index in [4.69, 9.17) is 9.47 Å². The predicted octanol–water partition coefficient (Wildman–Crippen LogP) is 3.24. The van der Waals surface area contributed by atoms with E-state index in [9.17, 15) is 4.79 Å². The number of hydrogen-bond donors (Lipinski definition) is 1. The molecule has 0 aliphatic carbocycles. The Morgan fingerprint density at radius 3 is 2.71 bits per heavy atom. The van der Waals surface area contributed by atoms with Gasteiger partial charge in [0.2, 0.25) is 0 Å². The highest BCUT2D eigenvalue weighted by molar-refractivity contribution is 5.77. The molecule has 35 heavy (non-hydrogen) atoms. The number of pyridine rings is 3. The Kier molecular flexibility index (Phi) is 7.39. The van der Waals surface area contributed by atoms with Gasteiger partial charge < -0.3 is 24.3 Å². The maximum atomic E-state index is 12.7. The minimum atomic E-state index is 0.0272. The molecule has 8 nitrogen and oxygen atoms in total. The van der Waals surface area contributed by atoms with Crippen LogP contribution in [0.4, 0.5) is 0 Å². The van der Waals surface area contributed by atoms with E-state index in [0.717, 1.165) is 72.7 Å². The third-order valence-electron chi connectivity index (χ3n) is 6.69. The summed E-state index contributed by atoms with van der Waals surface area (Å²) >= 11 is 0. The number of nitrogens with zero attached hydrogens (tertiary/aromatic N) is 4. The first-order valence-electron chi connectivity index (χ1n) is 12.6. The summed E-state index contributed by atoms with van der Waals surface area (Å²) in [7, 11) is 0. The quantitative estimate of drug-likeness (QED) is 0.536. The van der Waals surface area contributed by atoms with E-state index in [1.54, 1.807) is 12.3 Å². The predicted molar refractivity (Wildman–Crippen MR) is 137 cm³/mol. The molecule has 0 radical (unpaired) electrons. The largest absolute Gasteiger partial charge is 0.486 e. The van der Waals surface area contributed by atoms with Crippen LogP contribution in [0.15, 0.2) is 47.5 Å². The lowest BCUT2D eigenvalue weighted by Crippen LogP contribution is -2.43. The lowest BCUT2D eigenvalue weighted by molar-refractivity contribution is 0.170. The molecule has 0 saturated carbocycles. The molecule has 0 unspecified atom stereocenters. The zero-order valence-electron chi connectivity index (χ0n) is 20.3. The van der Waals surface area contributed by atoms with E-state index in [2.05, 4.69) is 45.3 Å². The first kappa shape index (κ1) is 23.5. The van der Waals surface area contributed by atoms with Crippen LogP contribution in [0.25, 0.3) is 17.1 Å². The molecule has 0 bridgehead atoms. The number of likely N-dealkylation sites (tertiary alicyclic amines) is 1. The van der Waals surface area contributed by atoms with Gasteiger partial charge in [0.25, 0.3) is 5.56 Å². The minimum absolute atomic E-state index is 0.0272. The van der Waals surface area contributed by atoms with Gasteiger partial charge in [-0.2, -0.15) is 0 Å². The van der Waals surface area contributed by atoms with Gasteiger partial charge in [-0.1, -0.05) is 19.1 Å². The van der Waals surface area contributed by atoms with Crippen LogP contribution in [0.3, 0.4) is 0 Å². The summed E-state index contributed by atoms with van der Waals surface area (Å²) in [5, 5.41) is 3.64. The van der Waals surface area contributed by atoms with Crippen LogP contribution in [-0.4, -0.2) is 58.3 Å². The fourth-order valence-corrected chi connectivity index (χ4v) is 4.70. The number of ether oxygens (including phenoxy) is 2. The van der Waals surface area contributed by atoms with E-state index in [0.29, 0.717) is 32.3 Å². The van der Waals surface area contributed by atoms with Crippen molar-refractivity contribution in [2.45, 2.75) is 45.3 Å². The molecule has 5 heterocycles. The van der Waals surface area contributed by atoms with Gasteiger partial charge in [-0.15, -0.1) is 0 Å². The van der Waals surface area contributed by atoms with Crippen molar-refractivity contribution >= 4 is 17.1 Å². The van der Waals surface area contributed by atoms with Crippen molar-refractivity contribution < 1.29 is 9.47 Å². The van der Waals surface area contributed by atoms with Gasteiger partial charge >= 0.3 is 0 Å². The van der Waals surface area contributed by atoms with Gasteiger partial charge in [0, 0.05) is 44.0 Å². The molecule has 1 fully saturated rings. The van der Waals surface area contributed by atoms with Gasteiger partial charge in [-0.3, -0.25) is 14.8 Å². The topological polar surface area (TPSA) is 81.5 Å². The molecular formula is C27H33N5O3. The number of aromatic nitrogens is 3. The Bertz CT molecular complexity index is 1250. The lowest BCUT2D eigenvalue weighted by Gasteiger charge is -2.32. The monoisotopic (exact) mass is 475 g/mol. The standard InChI is InChI=1S/C27H33N5O3/c1-2-3-4-20-15-24-23(30-17-20)5-6-27(33)32(24)12-11-31-9-7-21(8-10-31)28-18-22-16-25-26(19-29-22)35-14-13-34-25/h3-6,15-17,19,21,28H,2,7-14,18H2,1H3/b4-3+. The number of rotatable bonds is 8. The van der Waals surface area contributed by atoms with E-state index in [-0.39, 0.29) is 5.56 Å². The van der Waals surface area contributed by atoms with Gasteiger partial charge in [0.15, 0.2) is 11.5 Å². The van der Waals surface area contributed by atoms with Crippen molar-refractivity contribution in [1.82, 2.24) is 24.8 Å². The van der Waals surface area contributed by atoms with Crippen molar-refractivity contribution in [3.63, 3.8) is 0 Å². The molecule has 1 N–H and O–H groups in total. The van der Waals surface area contributed by atoms with Crippen LogP contribution < -0.4 is 20.3 Å². The van der Waals surface area contributed by atoms with Crippen LogP contribution in [0.5, 0.6) is 11.5 Å². The molecule has 0 spiro atoms. The number of piperidine rings is 1. The summed E-state index contributed by atoms with van der Waals surface area (Å²) < 4.78 is 13.1. The third-order valence-corrected chi connectivity index (χ3v) is 6.69. The molecule has 0 amide bonds. The first-order valence-corrected chi connectivity index (χ1v) is 12.6. The van der Waals surface area contributed by atoms with E-state index >= 15 is 0 Å². The summed E-state index contributed by atoms with van der Waals surface area (Å²) in [6.45, 7) is 7.52. The second-order valence-electron chi connectivity index (χ2n) is 9.12. The highest BCUT2D eigenvalue weighted by atomic mass is 16.6. The van der Waals surface area contributed by atoms with Crippen LogP contribution in [-0.2, 0) is 13.1 Å². The van der Waals surface area contributed by atoms with Gasteiger partial charge in [-0.25, -0.2) is 0 Å². The second-order valence-corrected chi connectivity index (χ2v) is 9.12. The highest BCUT2D eigenvalue weighted by Crippen LogP contribution is 2.29. The highest BCUT2D eigenvalue weighted by Gasteiger charge is 2.20. The Morgan fingerprint density at radius 1 is 1.06 bits per heavy atom. The Balaban J connectivity index is 1.14. The lowest BCUT2D eigenvalue weighted by atomic mass is 10.0. The average molecular weight is 476 g/mol. The number of nitrogens with one attached hydrogen (secondary N) is 1. The summed E-state index contributed by atoms with van der Waals surface area (Å²) in [6.07, 6.45) is 10.9. The van der Waals surface area contributed by atoms with E-state index < -0.39 is 0 Å². The van der Waals surface area contributed by atoms with Gasteiger partial charge in [0.05, 0.1) is 22.9 Å². The average Bonchev–Trinajstić information content (AvgIpc) is 2.90. The molecule has 5 rings (SSSR count). The molecule has 2 aliphatic rings. The van der Waals surface area contributed by atoms with Crippen LogP contribution >= 0.6 is 0 Å². The number of allylic oxidation sites excluding steroid dienone is 1. The van der Waals surface area contributed by atoms with Crippen molar-refractivity contribution in [1.29, 1.82) is 0 Å². The fourth-order valence-electron chi connectivity index (χ4n) is 4.70. The number of fused-ring (bicyclic) bond motifs is 2. The smallest absolute Gasteiger partial charge is 0.251 e. The molecule has 3 aromatic rings. The van der Waals surface area contributed by atoms with Crippen molar-refractivity contribution in [3.05, 3.63) is 64.3 Å². The molecule has 3 aromatic heterocycles. The SMILES string of the molecule is CC/C=C/c1cnc2ccc(=O)n(CCN3CCC(NCc4cc5c(cn4)OCCO5)CC3)c2c1. The summed E-state index contributed by atoms with van der Waals surface area (Å²) in [6, 6.07) is 7.93.